The fraction of sp³-hybridized carbons (Fsp3) is 0.417. The fourth-order valence-electron chi connectivity index (χ4n) is 1.43. The van der Waals surface area contributed by atoms with Crippen LogP contribution in [0.1, 0.15) is 30.1 Å². The minimum atomic E-state index is -0.846. The van der Waals surface area contributed by atoms with E-state index in [1.807, 2.05) is 0 Å². The van der Waals surface area contributed by atoms with Crippen LogP contribution >= 0.6 is 0 Å². The van der Waals surface area contributed by atoms with E-state index in [4.69, 9.17) is 5.11 Å². The SMILES string of the molecule is CC(CCCNC(=O)c1ccc[nH]c1=O)C(=O)O. The maximum absolute atomic E-state index is 11.6. The lowest BCUT2D eigenvalue weighted by atomic mass is 10.1. The Morgan fingerprint density at radius 2 is 2.22 bits per heavy atom. The summed E-state index contributed by atoms with van der Waals surface area (Å²) in [5, 5.41) is 11.3. The molecule has 0 aliphatic carbocycles. The van der Waals surface area contributed by atoms with Gasteiger partial charge in [-0.1, -0.05) is 6.92 Å². The predicted octanol–water partition coefficient (Wildman–Crippen LogP) is 0.606. The number of aliphatic carboxylic acids is 1. The van der Waals surface area contributed by atoms with Gasteiger partial charge >= 0.3 is 5.97 Å². The van der Waals surface area contributed by atoms with E-state index in [2.05, 4.69) is 10.3 Å². The largest absolute Gasteiger partial charge is 0.481 e. The Morgan fingerprint density at radius 1 is 1.50 bits per heavy atom. The van der Waals surface area contributed by atoms with Crippen molar-refractivity contribution in [2.75, 3.05) is 6.54 Å². The summed E-state index contributed by atoms with van der Waals surface area (Å²) in [4.78, 5) is 35.9. The van der Waals surface area contributed by atoms with Crippen LogP contribution in [0.4, 0.5) is 0 Å². The minimum Gasteiger partial charge on any atom is -0.481 e. The zero-order valence-electron chi connectivity index (χ0n) is 10.1. The number of pyridine rings is 1. The van der Waals surface area contributed by atoms with Gasteiger partial charge in [-0.25, -0.2) is 0 Å². The molecule has 0 radical (unpaired) electrons. The van der Waals surface area contributed by atoms with E-state index in [1.54, 1.807) is 13.0 Å². The Hall–Kier alpha value is -2.11. The lowest BCUT2D eigenvalue weighted by Gasteiger charge is -2.07. The number of hydrogen-bond donors (Lipinski definition) is 3. The Morgan fingerprint density at radius 3 is 2.83 bits per heavy atom. The summed E-state index contributed by atoms with van der Waals surface area (Å²) in [6.07, 6.45) is 2.50. The molecular formula is C12H16N2O4. The Balaban J connectivity index is 2.37. The third kappa shape index (κ3) is 4.04. The van der Waals surface area contributed by atoms with Crippen LogP contribution in [0.5, 0.6) is 0 Å². The Bertz CT molecular complexity index is 481. The molecular weight excluding hydrogens is 236 g/mol. The molecule has 0 spiro atoms. The number of carboxylic acids is 1. The number of amides is 1. The molecule has 6 nitrogen and oxygen atoms in total. The highest BCUT2D eigenvalue weighted by Gasteiger charge is 2.11. The molecule has 0 aliphatic rings. The van der Waals surface area contributed by atoms with E-state index in [0.717, 1.165) is 0 Å². The van der Waals surface area contributed by atoms with Gasteiger partial charge < -0.3 is 15.4 Å². The number of carbonyl (C=O) groups excluding carboxylic acids is 1. The van der Waals surface area contributed by atoms with E-state index < -0.39 is 23.4 Å². The number of rotatable bonds is 6. The zero-order valence-corrected chi connectivity index (χ0v) is 10.1. The first kappa shape index (κ1) is 14.0. The van der Waals surface area contributed by atoms with E-state index in [-0.39, 0.29) is 5.56 Å². The summed E-state index contributed by atoms with van der Waals surface area (Å²) >= 11 is 0. The lowest BCUT2D eigenvalue weighted by Crippen LogP contribution is -2.30. The summed E-state index contributed by atoms with van der Waals surface area (Å²) < 4.78 is 0. The maximum Gasteiger partial charge on any atom is 0.306 e. The van der Waals surface area contributed by atoms with Crippen LogP contribution in [0.15, 0.2) is 23.1 Å². The van der Waals surface area contributed by atoms with Gasteiger partial charge in [-0.15, -0.1) is 0 Å². The summed E-state index contributed by atoms with van der Waals surface area (Å²) in [7, 11) is 0. The molecule has 1 aromatic rings. The van der Waals surface area contributed by atoms with Gasteiger partial charge in [-0.05, 0) is 25.0 Å². The summed E-state index contributed by atoms with van der Waals surface area (Å²) in [5.41, 5.74) is -0.377. The molecule has 1 amide bonds. The number of aromatic nitrogens is 1. The molecule has 0 fully saturated rings. The van der Waals surface area contributed by atoms with Crippen LogP contribution in [0.3, 0.4) is 0 Å². The van der Waals surface area contributed by atoms with E-state index in [0.29, 0.717) is 19.4 Å². The van der Waals surface area contributed by atoms with Crippen molar-refractivity contribution >= 4 is 11.9 Å². The maximum atomic E-state index is 11.6. The van der Waals surface area contributed by atoms with Gasteiger partial charge in [0.05, 0.1) is 5.92 Å². The van der Waals surface area contributed by atoms with Gasteiger partial charge in [0, 0.05) is 12.7 Å². The Labute approximate surface area is 104 Å². The molecule has 6 heteroatoms. The monoisotopic (exact) mass is 252 g/mol. The lowest BCUT2D eigenvalue weighted by molar-refractivity contribution is -0.141. The normalized spacial score (nSPS) is 11.8. The quantitative estimate of drug-likeness (QED) is 0.646. The number of carbonyl (C=O) groups is 2. The highest BCUT2D eigenvalue weighted by Crippen LogP contribution is 2.04. The van der Waals surface area contributed by atoms with E-state index in [9.17, 15) is 14.4 Å². The molecule has 98 valence electrons. The van der Waals surface area contributed by atoms with E-state index in [1.165, 1.54) is 12.3 Å². The fourth-order valence-corrected chi connectivity index (χ4v) is 1.43. The number of aromatic amines is 1. The van der Waals surface area contributed by atoms with Crippen molar-refractivity contribution in [1.82, 2.24) is 10.3 Å². The molecule has 0 saturated heterocycles. The van der Waals surface area contributed by atoms with Crippen LogP contribution in [0, 0.1) is 5.92 Å². The average molecular weight is 252 g/mol. The third-order valence-corrected chi connectivity index (χ3v) is 2.58. The molecule has 0 aromatic carbocycles. The highest BCUT2D eigenvalue weighted by atomic mass is 16.4. The van der Waals surface area contributed by atoms with Crippen LogP contribution in [0.2, 0.25) is 0 Å². The second-order valence-electron chi connectivity index (χ2n) is 4.05. The second kappa shape index (κ2) is 6.58. The van der Waals surface area contributed by atoms with Crippen LogP contribution in [-0.2, 0) is 4.79 Å². The number of carboxylic acid groups (broad SMARTS) is 1. The number of nitrogens with one attached hydrogen (secondary N) is 2. The van der Waals surface area contributed by atoms with Crippen molar-refractivity contribution in [1.29, 1.82) is 0 Å². The molecule has 1 unspecified atom stereocenters. The summed E-state index contributed by atoms with van der Waals surface area (Å²) in [6, 6.07) is 3.01. The predicted molar refractivity (Wildman–Crippen MR) is 65.4 cm³/mol. The van der Waals surface area contributed by atoms with E-state index >= 15 is 0 Å². The van der Waals surface area contributed by atoms with Crippen LogP contribution < -0.4 is 10.9 Å². The molecule has 0 saturated carbocycles. The van der Waals surface area contributed by atoms with Crippen LogP contribution in [0.25, 0.3) is 0 Å². The van der Waals surface area contributed by atoms with Gasteiger partial charge in [-0.2, -0.15) is 0 Å². The van der Waals surface area contributed by atoms with Crippen molar-refractivity contribution < 1.29 is 14.7 Å². The Kier molecular flexibility index (Phi) is 5.10. The van der Waals surface area contributed by atoms with Gasteiger partial charge in [0.1, 0.15) is 5.56 Å². The molecule has 1 aromatic heterocycles. The van der Waals surface area contributed by atoms with Crippen LogP contribution in [-0.4, -0.2) is 28.5 Å². The van der Waals surface area contributed by atoms with Gasteiger partial charge in [0.2, 0.25) is 0 Å². The van der Waals surface area contributed by atoms with Crippen molar-refractivity contribution in [2.45, 2.75) is 19.8 Å². The molecule has 1 heterocycles. The van der Waals surface area contributed by atoms with Crippen molar-refractivity contribution in [2.24, 2.45) is 5.92 Å². The van der Waals surface area contributed by atoms with Gasteiger partial charge in [0.25, 0.3) is 11.5 Å². The zero-order chi connectivity index (χ0) is 13.5. The first-order valence-corrected chi connectivity index (χ1v) is 5.71. The third-order valence-electron chi connectivity index (χ3n) is 2.58. The molecule has 3 N–H and O–H groups in total. The van der Waals surface area contributed by atoms with Crippen molar-refractivity contribution in [3.05, 3.63) is 34.2 Å². The first-order valence-electron chi connectivity index (χ1n) is 5.71. The first-order chi connectivity index (χ1) is 8.52. The molecule has 1 atom stereocenters. The highest BCUT2D eigenvalue weighted by molar-refractivity contribution is 5.93. The number of H-pyrrole nitrogens is 1. The van der Waals surface area contributed by atoms with Gasteiger partial charge in [0.15, 0.2) is 0 Å². The standard InChI is InChI=1S/C12H16N2O4/c1-8(12(17)18)4-2-6-13-10(15)9-5-3-7-14-11(9)16/h3,5,7-8H,2,4,6H2,1H3,(H,13,15)(H,14,16)(H,17,18). The summed E-state index contributed by atoms with van der Waals surface area (Å²) in [6.45, 7) is 1.97. The van der Waals surface area contributed by atoms with Crippen molar-refractivity contribution in [3.8, 4) is 0 Å². The molecule has 0 bridgehead atoms. The smallest absolute Gasteiger partial charge is 0.306 e. The molecule has 0 aliphatic heterocycles. The molecule has 18 heavy (non-hydrogen) atoms. The minimum absolute atomic E-state index is 0.0591. The average Bonchev–Trinajstić information content (AvgIpc) is 2.34. The topological polar surface area (TPSA) is 99.3 Å². The molecule has 1 rings (SSSR count). The summed E-state index contributed by atoms with van der Waals surface area (Å²) in [5.74, 6) is -1.72. The van der Waals surface area contributed by atoms with Crippen molar-refractivity contribution in [3.63, 3.8) is 0 Å². The van der Waals surface area contributed by atoms with Gasteiger partial charge in [-0.3, -0.25) is 14.4 Å². The number of hydrogen-bond acceptors (Lipinski definition) is 3. The second-order valence-corrected chi connectivity index (χ2v) is 4.05.